The van der Waals surface area contributed by atoms with Crippen LogP contribution in [0.5, 0.6) is 0 Å². The summed E-state index contributed by atoms with van der Waals surface area (Å²) in [5, 5.41) is 12.7. The number of pyridine rings is 2. The largest absolute Gasteiger partial charge is 0.418 e. The molecule has 2 atom stereocenters. The highest BCUT2D eigenvalue weighted by Gasteiger charge is 2.35. The number of nitrogens with one attached hydrogen (secondary N) is 1. The molecule has 3 heterocycles. The first kappa shape index (κ1) is 22.5. The summed E-state index contributed by atoms with van der Waals surface area (Å²) >= 11 is 0. The molecular formula is C23H20F3N5O2. The number of carbonyl (C=O) groups is 1. The molecule has 4 rings (SSSR count). The molecule has 1 aromatic carbocycles. The Hall–Kier alpha value is -3.71. The van der Waals surface area contributed by atoms with E-state index >= 15 is 0 Å². The van der Waals surface area contributed by atoms with Crippen molar-refractivity contribution in [1.29, 1.82) is 5.26 Å². The first-order chi connectivity index (χ1) is 15.8. The molecule has 1 aliphatic rings. The fourth-order valence-corrected chi connectivity index (χ4v) is 3.94. The second-order valence-electron chi connectivity index (χ2n) is 7.70. The summed E-state index contributed by atoms with van der Waals surface area (Å²) in [6.45, 7) is 2.14. The summed E-state index contributed by atoms with van der Waals surface area (Å²) in [6.07, 6.45) is -2.91. The number of morpholine rings is 1. The SMILES string of the molecule is C[C@@H]1CN(c2ccc(C#N)c3ncccc23)C[C@H](C(=O)NCc2ncccc2C(F)(F)F)O1. The monoisotopic (exact) mass is 455 g/mol. The van der Waals surface area contributed by atoms with Crippen LogP contribution in [-0.2, 0) is 22.3 Å². The third-order valence-corrected chi connectivity index (χ3v) is 5.39. The highest BCUT2D eigenvalue weighted by molar-refractivity contribution is 5.95. The Morgan fingerprint density at radius 3 is 2.73 bits per heavy atom. The first-order valence-corrected chi connectivity index (χ1v) is 10.2. The molecular weight excluding hydrogens is 435 g/mol. The van der Waals surface area contributed by atoms with Crippen LogP contribution in [0.4, 0.5) is 18.9 Å². The van der Waals surface area contributed by atoms with Crippen LogP contribution in [0.25, 0.3) is 10.9 Å². The fourth-order valence-electron chi connectivity index (χ4n) is 3.94. The zero-order valence-corrected chi connectivity index (χ0v) is 17.6. The summed E-state index contributed by atoms with van der Waals surface area (Å²) in [4.78, 5) is 22.8. The Morgan fingerprint density at radius 2 is 1.97 bits per heavy atom. The molecule has 0 radical (unpaired) electrons. The number of fused-ring (bicyclic) bond motifs is 1. The van der Waals surface area contributed by atoms with Crippen molar-refractivity contribution in [3.63, 3.8) is 0 Å². The number of aromatic nitrogens is 2. The zero-order chi connectivity index (χ0) is 23.6. The molecule has 1 amide bonds. The van der Waals surface area contributed by atoms with Gasteiger partial charge in [0.1, 0.15) is 6.07 Å². The van der Waals surface area contributed by atoms with Crippen LogP contribution in [0.1, 0.15) is 23.7 Å². The van der Waals surface area contributed by atoms with Crippen LogP contribution in [0.2, 0.25) is 0 Å². The van der Waals surface area contributed by atoms with E-state index in [0.29, 0.717) is 17.6 Å². The Morgan fingerprint density at radius 1 is 1.21 bits per heavy atom. The van der Waals surface area contributed by atoms with Gasteiger partial charge in [0.15, 0.2) is 6.10 Å². The lowest BCUT2D eigenvalue weighted by Crippen LogP contribution is -2.52. The van der Waals surface area contributed by atoms with Gasteiger partial charge < -0.3 is 15.0 Å². The molecule has 0 aliphatic carbocycles. The molecule has 33 heavy (non-hydrogen) atoms. The normalized spacial score (nSPS) is 18.7. The molecule has 1 aliphatic heterocycles. The average molecular weight is 455 g/mol. The second kappa shape index (κ2) is 9.03. The van der Waals surface area contributed by atoms with E-state index in [1.54, 1.807) is 24.4 Å². The average Bonchev–Trinajstić information content (AvgIpc) is 2.81. The van der Waals surface area contributed by atoms with E-state index < -0.39 is 23.8 Å². The third kappa shape index (κ3) is 4.73. The van der Waals surface area contributed by atoms with Crippen LogP contribution >= 0.6 is 0 Å². The molecule has 2 aromatic heterocycles. The number of benzene rings is 1. The maximum Gasteiger partial charge on any atom is 0.418 e. The van der Waals surface area contributed by atoms with Crippen molar-refractivity contribution in [2.45, 2.75) is 31.9 Å². The molecule has 1 N–H and O–H groups in total. The quantitative estimate of drug-likeness (QED) is 0.648. The number of ether oxygens (including phenoxy) is 1. The van der Waals surface area contributed by atoms with Gasteiger partial charge >= 0.3 is 6.18 Å². The molecule has 1 saturated heterocycles. The van der Waals surface area contributed by atoms with E-state index in [4.69, 9.17) is 4.74 Å². The summed E-state index contributed by atoms with van der Waals surface area (Å²) in [7, 11) is 0. The molecule has 7 nitrogen and oxygen atoms in total. The van der Waals surface area contributed by atoms with E-state index in [1.165, 1.54) is 12.3 Å². The van der Waals surface area contributed by atoms with Crippen molar-refractivity contribution in [3.05, 3.63) is 65.6 Å². The van der Waals surface area contributed by atoms with Gasteiger partial charge in [-0.3, -0.25) is 14.8 Å². The Labute approximate surface area is 187 Å². The predicted molar refractivity (Wildman–Crippen MR) is 114 cm³/mol. The van der Waals surface area contributed by atoms with Crippen molar-refractivity contribution in [2.24, 2.45) is 0 Å². The van der Waals surface area contributed by atoms with Crippen LogP contribution in [-0.4, -0.2) is 41.2 Å². The topological polar surface area (TPSA) is 91.1 Å². The van der Waals surface area contributed by atoms with Crippen LogP contribution in [0.15, 0.2) is 48.8 Å². The van der Waals surface area contributed by atoms with Crippen molar-refractivity contribution >= 4 is 22.5 Å². The number of hydrogen-bond acceptors (Lipinski definition) is 6. The lowest BCUT2D eigenvalue weighted by molar-refractivity contribution is -0.140. The number of alkyl halides is 3. The van der Waals surface area contributed by atoms with Gasteiger partial charge in [0.05, 0.1) is 41.5 Å². The van der Waals surface area contributed by atoms with Crippen molar-refractivity contribution in [2.75, 3.05) is 18.0 Å². The second-order valence-corrected chi connectivity index (χ2v) is 7.70. The molecule has 0 spiro atoms. The van der Waals surface area contributed by atoms with Gasteiger partial charge in [-0.25, -0.2) is 0 Å². The number of hydrogen-bond donors (Lipinski definition) is 1. The number of nitrogens with zero attached hydrogens (tertiary/aromatic N) is 4. The third-order valence-electron chi connectivity index (χ3n) is 5.39. The smallest absolute Gasteiger partial charge is 0.365 e. The number of anilines is 1. The summed E-state index contributed by atoms with van der Waals surface area (Å²) < 4.78 is 45.3. The summed E-state index contributed by atoms with van der Waals surface area (Å²) in [6, 6.07) is 11.4. The minimum atomic E-state index is -4.56. The lowest BCUT2D eigenvalue weighted by atomic mass is 10.1. The minimum absolute atomic E-state index is 0.195. The van der Waals surface area contributed by atoms with Gasteiger partial charge in [-0.15, -0.1) is 0 Å². The standard InChI is InChI=1S/C23H20F3N5O2/c1-14-12-31(19-7-6-15(10-27)21-16(19)4-2-9-29-21)13-20(33-14)22(32)30-11-18-17(23(24,25)26)5-3-8-28-18/h2-9,14,20H,11-13H2,1H3,(H,30,32)/t14-,20-/m1/s1. The van der Waals surface area contributed by atoms with E-state index in [9.17, 15) is 23.2 Å². The minimum Gasteiger partial charge on any atom is -0.365 e. The van der Waals surface area contributed by atoms with E-state index in [-0.39, 0.29) is 24.9 Å². The van der Waals surface area contributed by atoms with Crippen molar-refractivity contribution < 1.29 is 22.7 Å². The van der Waals surface area contributed by atoms with Gasteiger partial charge in [-0.1, -0.05) is 0 Å². The highest BCUT2D eigenvalue weighted by atomic mass is 19.4. The molecule has 170 valence electrons. The maximum atomic E-state index is 13.2. The first-order valence-electron chi connectivity index (χ1n) is 10.2. The number of rotatable bonds is 4. The van der Waals surface area contributed by atoms with Gasteiger partial charge in [0.25, 0.3) is 5.91 Å². The van der Waals surface area contributed by atoms with Gasteiger partial charge in [-0.2, -0.15) is 18.4 Å². The number of halogens is 3. The molecule has 0 unspecified atom stereocenters. The molecule has 1 fully saturated rings. The highest BCUT2D eigenvalue weighted by Crippen LogP contribution is 2.32. The lowest BCUT2D eigenvalue weighted by Gasteiger charge is -2.38. The summed E-state index contributed by atoms with van der Waals surface area (Å²) in [5.74, 6) is -0.526. The maximum absolute atomic E-state index is 13.2. The Balaban J connectivity index is 1.53. The molecule has 0 saturated carbocycles. The molecule has 10 heteroatoms. The number of carbonyl (C=O) groups excluding carboxylic acids is 1. The summed E-state index contributed by atoms with van der Waals surface area (Å²) in [5.41, 5.74) is 0.659. The van der Waals surface area contributed by atoms with Crippen LogP contribution in [0.3, 0.4) is 0 Å². The Kier molecular flexibility index (Phi) is 6.16. The predicted octanol–water partition coefficient (Wildman–Crippen LogP) is 3.43. The Bertz CT molecular complexity index is 1220. The van der Waals surface area contributed by atoms with Crippen LogP contribution < -0.4 is 10.2 Å². The van der Waals surface area contributed by atoms with Gasteiger partial charge in [-0.05, 0) is 43.3 Å². The number of nitriles is 1. The van der Waals surface area contributed by atoms with Crippen molar-refractivity contribution in [3.8, 4) is 6.07 Å². The zero-order valence-electron chi connectivity index (χ0n) is 17.6. The molecule has 0 bridgehead atoms. The van der Waals surface area contributed by atoms with E-state index in [2.05, 4.69) is 21.4 Å². The van der Waals surface area contributed by atoms with E-state index in [1.807, 2.05) is 17.9 Å². The molecule has 3 aromatic rings. The van der Waals surface area contributed by atoms with Gasteiger partial charge in [0.2, 0.25) is 0 Å². The van der Waals surface area contributed by atoms with Crippen LogP contribution in [0, 0.1) is 11.3 Å². The fraction of sp³-hybridized carbons (Fsp3) is 0.304. The number of amides is 1. The van der Waals surface area contributed by atoms with Crippen molar-refractivity contribution in [1.82, 2.24) is 15.3 Å². The van der Waals surface area contributed by atoms with E-state index in [0.717, 1.165) is 17.1 Å². The van der Waals surface area contributed by atoms with Gasteiger partial charge in [0, 0.05) is 30.0 Å².